The molecule has 0 atom stereocenters. The van der Waals surface area contributed by atoms with Crippen molar-refractivity contribution >= 4 is 23.4 Å². The average molecular weight is 376 g/mol. The molecule has 7 nitrogen and oxygen atoms in total. The number of aromatic nitrogens is 1. The lowest BCUT2D eigenvalue weighted by Crippen LogP contribution is -2.39. The number of hydrogen-bond acceptors (Lipinski definition) is 5. The van der Waals surface area contributed by atoms with Crippen molar-refractivity contribution in [2.45, 2.75) is 25.3 Å². The van der Waals surface area contributed by atoms with E-state index in [9.17, 15) is 9.59 Å². The molecule has 0 radical (unpaired) electrons. The third-order valence-corrected chi connectivity index (χ3v) is 4.73. The highest BCUT2D eigenvalue weighted by molar-refractivity contribution is 6.30. The zero-order valence-electron chi connectivity index (χ0n) is 14.0. The lowest BCUT2D eigenvalue weighted by Gasteiger charge is -2.20. The van der Waals surface area contributed by atoms with Crippen LogP contribution in [0.2, 0.25) is 5.02 Å². The zero-order valence-corrected chi connectivity index (χ0v) is 14.8. The Morgan fingerprint density at radius 2 is 2.19 bits per heavy atom. The van der Waals surface area contributed by atoms with Crippen LogP contribution in [0.1, 0.15) is 40.6 Å². The van der Waals surface area contributed by atoms with E-state index in [0.717, 1.165) is 24.2 Å². The molecule has 2 heterocycles. The van der Waals surface area contributed by atoms with Crippen LogP contribution < -0.4 is 10.1 Å². The number of carbonyl (C=O) groups is 2. The third kappa shape index (κ3) is 3.67. The molecule has 136 valence electrons. The fraction of sp³-hybridized carbons (Fsp3) is 0.389. The summed E-state index contributed by atoms with van der Waals surface area (Å²) in [5.41, 5.74) is 1.12. The van der Waals surface area contributed by atoms with E-state index in [1.165, 1.54) is 0 Å². The van der Waals surface area contributed by atoms with Gasteiger partial charge in [-0.3, -0.25) is 9.59 Å². The van der Waals surface area contributed by atoms with Gasteiger partial charge in [0.15, 0.2) is 12.3 Å². The Morgan fingerprint density at radius 3 is 3.00 bits per heavy atom. The average Bonchev–Trinajstić information content (AvgIpc) is 3.38. The number of ether oxygens (including phenoxy) is 1. The number of benzene rings is 1. The Balaban J connectivity index is 1.34. The maximum Gasteiger partial charge on any atom is 0.273 e. The summed E-state index contributed by atoms with van der Waals surface area (Å²) in [6.07, 6.45) is 2.17. The highest BCUT2D eigenvalue weighted by Crippen LogP contribution is 2.40. The van der Waals surface area contributed by atoms with Gasteiger partial charge < -0.3 is 19.5 Å². The minimum Gasteiger partial charge on any atom is -0.483 e. The summed E-state index contributed by atoms with van der Waals surface area (Å²) in [7, 11) is 0. The molecule has 0 bridgehead atoms. The van der Waals surface area contributed by atoms with Crippen LogP contribution in [-0.4, -0.2) is 41.6 Å². The van der Waals surface area contributed by atoms with E-state index in [0.29, 0.717) is 36.3 Å². The largest absolute Gasteiger partial charge is 0.483 e. The number of nitrogens with zero attached hydrogens (tertiary/aromatic N) is 2. The smallest absolute Gasteiger partial charge is 0.273 e. The minimum atomic E-state index is -0.303. The predicted octanol–water partition coefficient (Wildman–Crippen LogP) is 2.36. The van der Waals surface area contributed by atoms with Crippen molar-refractivity contribution in [2.24, 2.45) is 0 Å². The van der Waals surface area contributed by atoms with Crippen LogP contribution >= 0.6 is 11.6 Å². The summed E-state index contributed by atoms with van der Waals surface area (Å²) in [5.74, 6) is 1.39. The normalized spacial score (nSPS) is 16.7. The minimum absolute atomic E-state index is 0.0311. The summed E-state index contributed by atoms with van der Waals surface area (Å²) in [4.78, 5) is 26.0. The molecule has 1 aliphatic heterocycles. The molecule has 26 heavy (non-hydrogen) atoms. The molecule has 4 rings (SSSR count). The molecule has 1 saturated carbocycles. The Labute approximate surface area is 155 Å². The summed E-state index contributed by atoms with van der Waals surface area (Å²) in [6.45, 7) is 1.04. The van der Waals surface area contributed by atoms with Gasteiger partial charge in [0.2, 0.25) is 0 Å². The lowest BCUT2D eigenvalue weighted by atomic mass is 10.2. The topological polar surface area (TPSA) is 84.7 Å². The second kappa shape index (κ2) is 6.99. The standard InChI is InChI=1S/C18H18ClN3O4/c19-13-3-4-15-12(7-13)9-22(17(23)10-25-15)6-5-20-18(24)14-8-16(26-21-14)11-1-2-11/h3-4,7-8,11H,1-2,5-6,9-10H2,(H,20,24). The Kier molecular flexibility index (Phi) is 4.55. The van der Waals surface area contributed by atoms with E-state index in [1.807, 2.05) is 0 Å². The molecule has 2 aromatic rings. The van der Waals surface area contributed by atoms with Gasteiger partial charge in [-0.1, -0.05) is 16.8 Å². The molecule has 1 aromatic heterocycles. The first-order valence-electron chi connectivity index (χ1n) is 8.54. The fourth-order valence-corrected chi connectivity index (χ4v) is 3.09. The molecule has 2 amide bonds. The van der Waals surface area contributed by atoms with Gasteiger partial charge in [0, 0.05) is 42.2 Å². The SMILES string of the molecule is O=C(NCCN1Cc2cc(Cl)ccc2OCC1=O)c1cc(C2CC2)on1. The monoisotopic (exact) mass is 375 g/mol. The van der Waals surface area contributed by atoms with Crippen LogP contribution in [0.15, 0.2) is 28.8 Å². The Bertz CT molecular complexity index is 847. The number of amides is 2. The van der Waals surface area contributed by atoms with E-state index in [1.54, 1.807) is 29.2 Å². The van der Waals surface area contributed by atoms with E-state index >= 15 is 0 Å². The number of fused-ring (bicyclic) bond motifs is 1. The Hall–Kier alpha value is -2.54. The molecule has 1 aliphatic carbocycles. The molecule has 1 N–H and O–H groups in total. The number of carbonyl (C=O) groups excluding carboxylic acids is 2. The van der Waals surface area contributed by atoms with Crippen LogP contribution in [0.3, 0.4) is 0 Å². The third-order valence-electron chi connectivity index (χ3n) is 4.50. The van der Waals surface area contributed by atoms with Gasteiger partial charge in [-0.2, -0.15) is 0 Å². The second-order valence-corrected chi connectivity index (χ2v) is 6.94. The first kappa shape index (κ1) is 16.9. The molecule has 0 saturated heterocycles. The van der Waals surface area contributed by atoms with Crippen molar-refractivity contribution < 1.29 is 18.8 Å². The maximum atomic E-state index is 12.2. The molecule has 1 fully saturated rings. The van der Waals surface area contributed by atoms with Gasteiger partial charge >= 0.3 is 0 Å². The highest BCUT2D eigenvalue weighted by Gasteiger charge is 2.29. The summed E-state index contributed by atoms with van der Waals surface area (Å²) < 4.78 is 10.7. The molecule has 0 spiro atoms. The Morgan fingerprint density at radius 1 is 1.35 bits per heavy atom. The number of halogens is 1. The second-order valence-electron chi connectivity index (χ2n) is 6.50. The van der Waals surface area contributed by atoms with Gasteiger partial charge in [0.25, 0.3) is 11.8 Å². The molecular formula is C18H18ClN3O4. The van der Waals surface area contributed by atoms with E-state index in [2.05, 4.69) is 10.5 Å². The highest BCUT2D eigenvalue weighted by atomic mass is 35.5. The lowest BCUT2D eigenvalue weighted by molar-refractivity contribution is -0.133. The molecule has 2 aliphatic rings. The van der Waals surface area contributed by atoms with E-state index in [-0.39, 0.29) is 24.1 Å². The zero-order chi connectivity index (χ0) is 18.1. The van der Waals surface area contributed by atoms with Crippen LogP contribution in [-0.2, 0) is 11.3 Å². The summed E-state index contributed by atoms with van der Waals surface area (Å²) >= 11 is 6.02. The summed E-state index contributed by atoms with van der Waals surface area (Å²) in [5, 5.41) is 7.17. The van der Waals surface area contributed by atoms with Crippen molar-refractivity contribution in [2.75, 3.05) is 19.7 Å². The molecular weight excluding hydrogens is 358 g/mol. The number of nitrogens with one attached hydrogen (secondary N) is 1. The van der Waals surface area contributed by atoms with Gasteiger partial charge in [-0.15, -0.1) is 0 Å². The van der Waals surface area contributed by atoms with Crippen LogP contribution in [0.25, 0.3) is 0 Å². The van der Waals surface area contributed by atoms with Crippen LogP contribution in [0.5, 0.6) is 5.75 Å². The fourth-order valence-electron chi connectivity index (χ4n) is 2.89. The van der Waals surface area contributed by atoms with Gasteiger partial charge in [0.1, 0.15) is 11.5 Å². The first-order valence-corrected chi connectivity index (χ1v) is 8.92. The van der Waals surface area contributed by atoms with E-state index in [4.69, 9.17) is 20.9 Å². The van der Waals surface area contributed by atoms with Crippen LogP contribution in [0, 0.1) is 0 Å². The van der Waals surface area contributed by atoms with Crippen molar-refractivity contribution in [3.63, 3.8) is 0 Å². The van der Waals surface area contributed by atoms with Gasteiger partial charge in [-0.25, -0.2) is 0 Å². The van der Waals surface area contributed by atoms with Crippen molar-refractivity contribution in [1.82, 2.24) is 15.4 Å². The van der Waals surface area contributed by atoms with Crippen LogP contribution in [0.4, 0.5) is 0 Å². The maximum absolute atomic E-state index is 12.2. The molecule has 0 unspecified atom stereocenters. The van der Waals surface area contributed by atoms with Crippen molar-refractivity contribution in [3.8, 4) is 5.75 Å². The summed E-state index contributed by atoms with van der Waals surface area (Å²) in [6, 6.07) is 6.97. The number of hydrogen-bond donors (Lipinski definition) is 1. The van der Waals surface area contributed by atoms with Crippen molar-refractivity contribution in [1.29, 1.82) is 0 Å². The number of rotatable bonds is 5. The van der Waals surface area contributed by atoms with Gasteiger partial charge in [-0.05, 0) is 31.0 Å². The van der Waals surface area contributed by atoms with E-state index < -0.39 is 0 Å². The predicted molar refractivity (Wildman–Crippen MR) is 93.2 cm³/mol. The molecule has 8 heteroatoms. The molecule has 1 aromatic carbocycles. The quantitative estimate of drug-likeness (QED) is 0.867. The van der Waals surface area contributed by atoms with Crippen molar-refractivity contribution in [3.05, 3.63) is 46.3 Å². The van der Waals surface area contributed by atoms with Gasteiger partial charge in [0.05, 0.1) is 0 Å². The first-order chi connectivity index (χ1) is 12.6.